The van der Waals surface area contributed by atoms with Crippen molar-refractivity contribution in [2.45, 2.75) is 12.8 Å². The summed E-state index contributed by atoms with van der Waals surface area (Å²) in [5.41, 5.74) is 10.9. The van der Waals surface area contributed by atoms with Crippen molar-refractivity contribution in [1.82, 2.24) is 4.98 Å². The molecule has 1 amide bonds. The van der Waals surface area contributed by atoms with Crippen LogP contribution in [0.25, 0.3) is 0 Å². The number of amides is 1. The van der Waals surface area contributed by atoms with Crippen molar-refractivity contribution in [2.75, 3.05) is 23.7 Å². The van der Waals surface area contributed by atoms with Crippen LogP contribution in [0.3, 0.4) is 0 Å². The second-order valence-electron chi connectivity index (χ2n) is 3.73. The number of carbonyl (C=O) groups is 1. The Morgan fingerprint density at radius 1 is 1.67 bits per heavy atom. The van der Waals surface area contributed by atoms with Crippen LogP contribution in [0.1, 0.15) is 12.8 Å². The Morgan fingerprint density at radius 3 is 3.07 bits per heavy atom. The third-order valence-electron chi connectivity index (χ3n) is 2.61. The van der Waals surface area contributed by atoms with Crippen LogP contribution in [0, 0.1) is 5.92 Å². The van der Waals surface area contributed by atoms with Crippen LogP contribution in [0.2, 0.25) is 0 Å². The van der Waals surface area contributed by atoms with E-state index in [0.29, 0.717) is 11.5 Å². The predicted molar refractivity (Wildman–Crippen MR) is 60.7 cm³/mol. The third kappa shape index (κ3) is 2.20. The average molecular weight is 226 g/mol. The van der Waals surface area contributed by atoms with E-state index in [4.69, 9.17) is 11.5 Å². The number of aromatic nitrogens is 1. The molecule has 1 aromatic heterocycles. The van der Waals surface area contributed by atoms with Crippen molar-refractivity contribution in [3.8, 4) is 0 Å². The molecule has 1 aliphatic heterocycles. The lowest BCUT2D eigenvalue weighted by Gasteiger charge is -2.30. The van der Waals surface area contributed by atoms with Gasteiger partial charge < -0.3 is 16.4 Å². The SMILES string of the molecule is NC(=O)C1CCCN(c2ncc(N)s2)C1. The summed E-state index contributed by atoms with van der Waals surface area (Å²) in [5, 5.41) is 1.59. The molecule has 1 aromatic rings. The minimum absolute atomic E-state index is 0.0520. The van der Waals surface area contributed by atoms with Gasteiger partial charge in [-0.1, -0.05) is 11.3 Å². The molecular formula is C9H14N4OS. The zero-order valence-corrected chi connectivity index (χ0v) is 9.17. The van der Waals surface area contributed by atoms with Crippen molar-refractivity contribution in [2.24, 2.45) is 11.7 Å². The van der Waals surface area contributed by atoms with Crippen LogP contribution in [-0.2, 0) is 4.79 Å². The monoisotopic (exact) mass is 226 g/mol. The van der Waals surface area contributed by atoms with Crippen molar-refractivity contribution in [3.05, 3.63) is 6.20 Å². The molecule has 5 nitrogen and oxygen atoms in total. The highest BCUT2D eigenvalue weighted by molar-refractivity contribution is 7.19. The van der Waals surface area contributed by atoms with Crippen LogP contribution in [0.4, 0.5) is 10.1 Å². The van der Waals surface area contributed by atoms with Crippen LogP contribution < -0.4 is 16.4 Å². The maximum absolute atomic E-state index is 11.1. The van der Waals surface area contributed by atoms with Crippen LogP contribution in [0.15, 0.2) is 6.20 Å². The van der Waals surface area contributed by atoms with Crippen molar-refractivity contribution >= 4 is 27.4 Å². The summed E-state index contributed by atoms with van der Waals surface area (Å²) in [5.74, 6) is -0.270. The molecule has 82 valence electrons. The summed E-state index contributed by atoms with van der Waals surface area (Å²) in [6, 6.07) is 0. The molecule has 2 rings (SSSR count). The van der Waals surface area contributed by atoms with Gasteiger partial charge in [0.1, 0.15) is 5.00 Å². The molecule has 1 fully saturated rings. The molecule has 0 saturated carbocycles. The number of thiazole rings is 1. The molecule has 0 spiro atoms. The van der Waals surface area contributed by atoms with Gasteiger partial charge in [-0.25, -0.2) is 4.98 Å². The summed E-state index contributed by atoms with van der Waals surface area (Å²) in [6.45, 7) is 1.60. The summed E-state index contributed by atoms with van der Waals surface area (Å²) >= 11 is 1.45. The molecule has 15 heavy (non-hydrogen) atoms. The highest BCUT2D eigenvalue weighted by atomic mass is 32.1. The molecule has 0 radical (unpaired) electrons. The lowest BCUT2D eigenvalue weighted by atomic mass is 9.98. The third-order valence-corrected chi connectivity index (χ3v) is 3.49. The predicted octanol–water partition coefficient (Wildman–Crippen LogP) is 0.427. The lowest BCUT2D eigenvalue weighted by molar-refractivity contribution is -0.122. The zero-order chi connectivity index (χ0) is 10.8. The number of piperidine rings is 1. The Morgan fingerprint density at radius 2 is 2.47 bits per heavy atom. The normalized spacial score (nSPS) is 21.6. The summed E-state index contributed by atoms with van der Waals surface area (Å²) < 4.78 is 0. The number of primary amides is 1. The van der Waals surface area contributed by atoms with Gasteiger partial charge in [-0.2, -0.15) is 0 Å². The molecular weight excluding hydrogens is 212 g/mol. The van der Waals surface area contributed by atoms with Gasteiger partial charge >= 0.3 is 0 Å². The molecule has 1 aliphatic rings. The standard InChI is InChI=1S/C9H14N4OS/c10-7-4-12-9(15-7)13-3-1-2-6(5-13)8(11)14/h4,6H,1-3,5,10H2,(H2,11,14). The van der Waals surface area contributed by atoms with E-state index in [1.165, 1.54) is 11.3 Å². The number of hydrogen-bond acceptors (Lipinski definition) is 5. The number of nitrogens with zero attached hydrogens (tertiary/aromatic N) is 2. The summed E-state index contributed by atoms with van der Waals surface area (Å²) in [7, 11) is 0. The van der Waals surface area contributed by atoms with Gasteiger partial charge in [0.25, 0.3) is 0 Å². The van der Waals surface area contributed by atoms with Crippen molar-refractivity contribution in [3.63, 3.8) is 0 Å². The first kappa shape index (κ1) is 10.2. The van der Waals surface area contributed by atoms with Gasteiger partial charge in [-0.05, 0) is 12.8 Å². The first-order valence-electron chi connectivity index (χ1n) is 4.92. The molecule has 1 atom stereocenters. The number of hydrogen-bond donors (Lipinski definition) is 2. The average Bonchev–Trinajstić information content (AvgIpc) is 2.65. The second-order valence-corrected chi connectivity index (χ2v) is 4.77. The fourth-order valence-electron chi connectivity index (χ4n) is 1.81. The second kappa shape index (κ2) is 4.06. The van der Waals surface area contributed by atoms with Crippen LogP contribution >= 0.6 is 11.3 Å². The number of nitrogens with two attached hydrogens (primary N) is 2. The van der Waals surface area contributed by atoms with E-state index in [9.17, 15) is 4.79 Å². The Bertz CT molecular complexity index is 365. The lowest BCUT2D eigenvalue weighted by Crippen LogP contribution is -2.41. The topological polar surface area (TPSA) is 85.2 Å². The zero-order valence-electron chi connectivity index (χ0n) is 8.35. The van der Waals surface area contributed by atoms with Crippen molar-refractivity contribution in [1.29, 1.82) is 0 Å². The molecule has 0 aromatic carbocycles. The fourth-order valence-corrected chi connectivity index (χ4v) is 2.52. The summed E-state index contributed by atoms with van der Waals surface area (Å²) in [6.07, 6.45) is 3.51. The maximum atomic E-state index is 11.1. The Balaban J connectivity index is 2.07. The minimum atomic E-state index is -0.218. The largest absolute Gasteiger partial charge is 0.389 e. The summed E-state index contributed by atoms with van der Waals surface area (Å²) in [4.78, 5) is 17.4. The van der Waals surface area contributed by atoms with Gasteiger partial charge in [0, 0.05) is 13.1 Å². The highest BCUT2D eigenvalue weighted by Crippen LogP contribution is 2.28. The van der Waals surface area contributed by atoms with E-state index in [-0.39, 0.29) is 11.8 Å². The number of carbonyl (C=O) groups excluding carboxylic acids is 1. The molecule has 6 heteroatoms. The first-order chi connectivity index (χ1) is 7.16. The molecule has 2 heterocycles. The van der Waals surface area contributed by atoms with Gasteiger partial charge in [-0.3, -0.25) is 4.79 Å². The smallest absolute Gasteiger partial charge is 0.222 e. The molecule has 0 bridgehead atoms. The van der Waals surface area contributed by atoms with Crippen LogP contribution in [-0.4, -0.2) is 24.0 Å². The van der Waals surface area contributed by atoms with E-state index in [1.54, 1.807) is 6.20 Å². The van der Waals surface area contributed by atoms with Gasteiger partial charge in [0.2, 0.25) is 5.91 Å². The quantitative estimate of drug-likeness (QED) is 0.765. The van der Waals surface area contributed by atoms with E-state index < -0.39 is 0 Å². The fraction of sp³-hybridized carbons (Fsp3) is 0.556. The molecule has 1 saturated heterocycles. The Kier molecular flexibility index (Phi) is 2.77. The van der Waals surface area contributed by atoms with E-state index in [0.717, 1.165) is 24.5 Å². The maximum Gasteiger partial charge on any atom is 0.222 e. The number of nitrogen functional groups attached to an aromatic ring is 1. The Labute approximate surface area is 92.1 Å². The van der Waals surface area contributed by atoms with Gasteiger partial charge in [0.05, 0.1) is 12.1 Å². The highest BCUT2D eigenvalue weighted by Gasteiger charge is 2.25. The van der Waals surface area contributed by atoms with Crippen LogP contribution in [0.5, 0.6) is 0 Å². The molecule has 0 aliphatic carbocycles. The molecule has 4 N–H and O–H groups in total. The number of anilines is 2. The molecule has 1 unspecified atom stereocenters. The van der Waals surface area contributed by atoms with Gasteiger partial charge in [0.15, 0.2) is 5.13 Å². The van der Waals surface area contributed by atoms with Crippen molar-refractivity contribution < 1.29 is 4.79 Å². The number of rotatable bonds is 2. The Hall–Kier alpha value is -1.30. The van der Waals surface area contributed by atoms with E-state index in [1.807, 2.05) is 0 Å². The first-order valence-corrected chi connectivity index (χ1v) is 5.74. The minimum Gasteiger partial charge on any atom is -0.389 e. The van der Waals surface area contributed by atoms with Gasteiger partial charge in [-0.15, -0.1) is 0 Å². The van der Waals surface area contributed by atoms with E-state index in [2.05, 4.69) is 9.88 Å². The van der Waals surface area contributed by atoms with E-state index >= 15 is 0 Å².